The minimum Gasteiger partial charge on any atom is -0.346 e. The number of rotatable bonds is 3. The molecule has 2 aromatic rings. The summed E-state index contributed by atoms with van der Waals surface area (Å²) in [5, 5.41) is 0. The Morgan fingerprint density at radius 3 is 2.37 bits per heavy atom. The Balaban J connectivity index is 1.70. The van der Waals surface area contributed by atoms with E-state index in [4.69, 9.17) is 9.47 Å². The Morgan fingerprint density at radius 2 is 1.68 bits per heavy atom. The van der Waals surface area contributed by atoms with Gasteiger partial charge < -0.3 is 9.47 Å². The minimum atomic E-state index is -0.198. The van der Waals surface area contributed by atoms with Crippen LogP contribution in [0.1, 0.15) is 23.0 Å². The fourth-order valence-electron chi connectivity index (χ4n) is 1.98. The van der Waals surface area contributed by atoms with Gasteiger partial charge in [0.25, 0.3) is 0 Å². The Labute approximate surface area is 112 Å². The molecule has 1 saturated heterocycles. The summed E-state index contributed by atoms with van der Waals surface area (Å²) >= 11 is 0. The smallest absolute Gasteiger partial charge is 0.184 e. The van der Waals surface area contributed by atoms with E-state index in [2.05, 4.69) is 23.2 Å². The van der Waals surface area contributed by atoms with E-state index in [1.54, 1.807) is 6.20 Å². The van der Waals surface area contributed by atoms with Gasteiger partial charge in [-0.2, -0.15) is 0 Å². The third kappa shape index (κ3) is 3.08. The van der Waals surface area contributed by atoms with Crippen LogP contribution in [0, 0.1) is 0 Å². The molecule has 0 aliphatic carbocycles. The van der Waals surface area contributed by atoms with Gasteiger partial charge in [-0.05, 0) is 17.2 Å². The van der Waals surface area contributed by atoms with E-state index in [9.17, 15) is 0 Å². The van der Waals surface area contributed by atoms with Crippen LogP contribution >= 0.6 is 0 Å². The van der Waals surface area contributed by atoms with Crippen LogP contribution in [0.4, 0.5) is 0 Å². The lowest BCUT2D eigenvalue weighted by Crippen LogP contribution is -1.97. The topological polar surface area (TPSA) is 31.4 Å². The van der Waals surface area contributed by atoms with Gasteiger partial charge in [0, 0.05) is 18.0 Å². The highest BCUT2D eigenvalue weighted by Crippen LogP contribution is 2.23. The number of hydrogen-bond acceptors (Lipinski definition) is 3. The molecule has 0 amide bonds. The van der Waals surface area contributed by atoms with Gasteiger partial charge in [0.2, 0.25) is 0 Å². The van der Waals surface area contributed by atoms with Crippen LogP contribution in [0.2, 0.25) is 0 Å². The summed E-state index contributed by atoms with van der Waals surface area (Å²) in [7, 11) is 0. The first-order chi connectivity index (χ1) is 9.42. The highest BCUT2D eigenvalue weighted by Gasteiger charge is 2.17. The fraction of sp³-hybridized carbons (Fsp3) is 0.188. The molecule has 3 heteroatoms. The van der Waals surface area contributed by atoms with E-state index < -0.39 is 0 Å². The summed E-state index contributed by atoms with van der Waals surface area (Å²) in [6.07, 6.45) is 7.52. The van der Waals surface area contributed by atoms with Crippen molar-refractivity contribution in [1.82, 2.24) is 4.98 Å². The molecule has 0 unspecified atom stereocenters. The third-order valence-corrected chi connectivity index (χ3v) is 2.98. The molecule has 0 N–H and O–H groups in total. The van der Waals surface area contributed by atoms with Gasteiger partial charge in [0.1, 0.15) is 0 Å². The molecular formula is C16H15NO2. The largest absolute Gasteiger partial charge is 0.346 e. The van der Waals surface area contributed by atoms with E-state index >= 15 is 0 Å². The van der Waals surface area contributed by atoms with Crippen molar-refractivity contribution in [3.8, 4) is 0 Å². The maximum Gasteiger partial charge on any atom is 0.184 e. The molecule has 0 saturated carbocycles. The molecule has 0 atom stereocenters. The van der Waals surface area contributed by atoms with Crippen molar-refractivity contribution < 1.29 is 9.47 Å². The zero-order valence-electron chi connectivity index (χ0n) is 10.5. The first-order valence-corrected chi connectivity index (χ1v) is 6.33. The zero-order chi connectivity index (χ0) is 12.9. The average Bonchev–Trinajstić information content (AvgIpc) is 3.01. The van der Waals surface area contributed by atoms with E-state index in [-0.39, 0.29) is 6.29 Å². The van der Waals surface area contributed by atoms with Crippen molar-refractivity contribution in [2.24, 2.45) is 0 Å². The SMILES string of the molecule is C(=Cc1cccnc1)c1ccc(C2OCCO2)cc1. The summed E-state index contributed by atoms with van der Waals surface area (Å²) in [6.45, 7) is 1.35. The van der Waals surface area contributed by atoms with Gasteiger partial charge >= 0.3 is 0 Å². The maximum atomic E-state index is 5.46. The fourth-order valence-corrected chi connectivity index (χ4v) is 1.98. The number of hydrogen-bond donors (Lipinski definition) is 0. The van der Waals surface area contributed by atoms with Crippen LogP contribution < -0.4 is 0 Å². The predicted octanol–water partition coefficient (Wildman–Crippen LogP) is 3.30. The first kappa shape index (κ1) is 12.1. The second-order valence-electron chi connectivity index (χ2n) is 4.36. The number of aromatic nitrogens is 1. The van der Waals surface area contributed by atoms with Crippen LogP contribution in [-0.4, -0.2) is 18.2 Å². The van der Waals surface area contributed by atoms with Crippen LogP contribution in [0.25, 0.3) is 12.2 Å². The van der Waals surface area contributed by atoms with E-state index in [1.165, 1.54) is 0 Å². The van der Waals surface area contributed by atoms with Gasteiger partial charge in [-0.3, -0.25) is 4.98 Å². The predicted molar refractivity (Wildman–Crippen MR) is 74.3 cm³/mol. The molecule has 1 fully saturated rings. The summed E-state index contributed by atoms with van der Waals surface area (Å²) in [5.74, 6) is 0. The van der Waals surface area contributed by atoms with Crippen molar-refractivity contribution in [3.63, 3.8) is 0 Å². The highest BCUT2D eigenvalue weighted by atomic mass is 16.7. The van der Waals surface area contributed by atoms with Crippen LogP contribution in [-0.2, 0) is 9.47 Å². The van der Waals surface area contributed by atoms with Gasteiger partial charge in [-0.15, -0.1) is 0 Å². The maximum absolute atomic E-state index is 5.46. The lowest BCUT2D eigenvalue weighted by molar-refractivity contribution is -0.0441. The Hall–Kier alpha value is -1.97. The molecule has 1 aliphatic rings. The quantitative estimate of drug-likeness (QED) is 0.841. The average molecular weight is 253 g/mol. The van der Waals surface area contributed by atoms with Crippen molar-refractivity contribution >= 4 is 12.2 Å². The van der Waals surface area contributed by atoms with Crippen molar-refractivity contribution in [3.05, 3.63) is 65.5 Å². The molecule has 1 aliphatic heterocycles. The summed E-state index contributed by atoms with van der Waals surface area (Å²) in [6, 6.07) is 12.2. The zero-order valence-corrected chi connectivity index (χ0v) is 10.5. The number of pyridine rings is 1. The second-order valence-corrected chi connectivity index (χ2v) is 4.36. The summed E-state index contributed by atoms with van der Waals surface area (Å²) in [5.41, 5.74) is 3.30. The van der Waals surface area contributed by atoms with Crippen molar-refractivity contribution in [2.45, 2.75) is 6.29 Å². The molecule has 96 valence electrons. The molecule has 3 nitrogen and oxygen atoms in total. The monoisotopic (exact) mass is 253 g/mol. The van der Waals surface area contributed by atoms with Crippen LogP contribution in [0.5, 0.6) is 0 Å². The van der Waals surface area contributed by atoms with Gasteiger partial charge in [-0.1, -0.05) is 42.5 Å². The standard InChI is InChI=1S/C16H15NO2/c1-2-14(12-17-9-1)4-3-13-5-7-15(8-6-13)16-18-10-11-19-16/h1-9,12,16H,10-11H2. The number of ether oxygens (including phenoxy) is 2. The lowest BCUT2D eigenvalue weighted by atomic mass is 10.1. The number of benzene rings is 1. The highest BCUT2D eigenvalue weighted by molar-refractivity contribution is 5.69. The molecule has 19 heavy (non-hydrogen) atoms. The van der Waals surface area contributed by atoms with E-state index in [0.29, 0.717) is 13.2 Å². The molecule has 3 rings (SSSR count). The van der Waals surface area contributed by atoms with E-state index in [0.717, 1.165) is 16.7 Å². The molecular weight excluding hydrogens is 238 g/mol. The van der Waals surface area contributed by atoms with E-state index in [1.807, 2.05) is 36.5 Å². The minimum absolute atomic E-state index is 0.198. The Bertz CT molecular complexity index is 543. The van der Waals surface area contributed by atoms with Gasteiger partial charge in [0.15, 0.2) is 6.29 Å². The number of nitrogens with zero attached hydrogens (tertiary/aromatic N) is 1. The molecule has 1 aromatic carbocycles. The molecule has 2 heterocycles. The molecule has 0 bridgehead atoms. The summed E-state index contributed by atoms with van der Waals surface area (Å²) in [4.78, 5) is 4.08. The molecule has 1 aromatic heterocycles. The van der Waals surface area contributed by atoms with Gasteiger partial charge in [0.05, 0.1) is 13.2 Å². The molecule has 0 radical (unpaired) electrons. The normalized spacial score (nSPS) is 16.2. The molecule has 0 spiro atoms. The summed E-state index contributed by atoms with van der Waals surface area (Å²) < 4.78 is 10.9. The first-order valence-electron chi connectivity index (χ1n) is 6.33. The van der Waals surface area contributed by atoms with Crippen LogP contribution in [0.15, 0.2) is 48.8 Å². The Kier molecular flexibility index (Phi) is 3.68. The third-order valence-electron chi connectivity index (χ3n) is 2.98. The van der Waals surface area contributed by atoms with Crippen molar-refractivity contribution in [1.29, 1.82) is 0 Å². The lowest BCUT2D eigenvalue weighted by Gasteiger charge is -2.08. The van der Waals surface area contributed by atoms with Gasteiger partial charge in [-0.25, -0.2) is 0 Å². The Morgan fingerprint density at radius 1 is 0.947 bits per heavy atom. The van der Waals surface area contributed by atoms with Crippen molar-refractivity contribution in [2.75, 3.05) is 13.2 Å². The van der Waals surface area contributed by atoms with Crippen LogP contribution in [0.3, 0.4) is 0 Å². The second kappa shape index (κ2) is 5.78.